The molecule has 2 saturated heterocycles. The van der Waals surface area contributed by atoms with Crippen molar-refractivity contribution in [2.24, 2.45) is 7.05 Å². The second-order valence-corrected chi connectivity index (χ2v) is 19.6. The lowest BCUT2D eigenvalue weighted by Gasteiger charge is -2.37. The second kappa shape index (κ2) is 19.1. The molecule has 3 heterocycles. The summed E-state index contributed by atoms with van der Waals surface area (Å²) in [6.45, 7) is 9.06. The van der Waals surface area contributed by atoms with E-state index >= 15 is 0 Å². The minimum absolute atomic E-state index is 0.146. The van der Waals surface area contributed by atoms with Crippen LogP contribution in [0.1, 0.15) is 28.0 Å². The third-order valence-corrected chi connectivity index (χ3v) is 14.9. The number of β-amino-alcohol motifs (C(OH)–C–C–N with tert-alkyl or cyclic N) is 1. The Labute approximate surface area is 379 Å². The van der Waals surface area contributed by atoms with Crippen LogP contribution < -0.4 is 19.8 Å². The summed E-state index contributed by atoms with van der Waals surface area (Å²) in [7, 11) is -1.96. The monoisotopic (exact) mass is 904 g/mol. The maximum Gasteiger partial charge on any atom is 0.338 e. The number of thioether (sulfide) groups is 1. The first kappa shape index (κ1) is 44.2. The number of sulfonamides is 1. The molecule has 2 fully saturated rings. The third kappa shape index (κ3) is 10.2. The molecule has 2 aliphatic rings. The van der Waals surface area contributed by atoms with Crippen molar-refractivity contribution in [1.82, 2.24) is 9.47 Å². The number of carboxylic acid groups (broad SMARTS) is 1. The number of rotatable bonds is 16. The summed E-state index contributed by atoms with van der Waals surface area (Å²) in [6, 6.07) is 38.7. The summed E-state index contributed by atoms with van der Waals surface area (Å²) in [4.78, 5) is 20.9. The first-order valence-corrected chi connectivity index (χ1v) is 24.0. The zero-order chi connectivity index (χ0) is 44.3. The van der Waals surface area contributed by atoms with Gasteiger partial charge < -0.3 is 29.9 Å². The summed E-state index contributed by atoms with van der Waals surface area (Å²) >= 11 is 7.99. The van der Waals surface area contributed by atoms with Gasteiger partial charge >= 0.3 is 5.97 Å². The molecule has 14 heteroatoms. The summed E-state index contributed by atoms with van der Waals surface area (Å²) in [5, 5.41) is 24.4. The summed E-state index contributed by atoms with van der Waals surface area (Å²) < 4.78 is 32.0. The van der Waals surface area contributed by atoms with E-state index < -0.39 is 16.0 Å². The Balaban J connectivity index is 0.896. The zero-order valence-corrected chi connectivity index (χ0v) is 38.1. The van der Waals surface area contributed by atoms with Crippen LogP contribution in [0.15, 0.2) is 131 Å². The van der Waals surface area contributed by atoms with Gasteiger partial charge in [-0.1, -0.05) is 54.1 Å². The number of carbonyl (C=O) groups is 1. The van der Waals surface area contributed by atoms with Crippen molar-refractivity contribution in [1.29, 1.82) is 0 Å². The lowest BCUT2D eigenvalue weighted by molar-refractivity contribution is 0.00138. The lowest BCUT2D eigenvalue weighted by atomic mass is 9.96. The van der Waals surface area contributed by atoms with E-state index in [2.05, 4.69) is 49.0 Å². The molecule has 11 nitrogen and oxygen atoms in total. The highest BCUT2D eigenvalue weighted by Gasteiger charge is 2.28. The molecule has 1 atom stereocenters. The maximum atomic E-state index is 13.6. The van der Waals surface area contributed by atoms with Gasteiger partial charge in [0.2, 0.25) is 0 Å². The summed E-state index contributed by atoms with van der Waals surface area (Å²) in [5.74, 6) is -0.122. The fourth-order valence-corrected chi connectivity index (χ4v) is 10.7. The number of aryl methyl sites for hydroxylation is 1. The first-order chi connectivity index (χ1) is 30.3. The van der Waals surface area contributed by atoms with Gasteiger partial charge in [-0.05, 0) is 116 Å². The number of likely N-dealkylation sites (tertiary alicyclic amines) is 1. The van der Waals surface area contributed by atoms with Crippen LogP contribution in [-0.4, -0.2) is 97.8 Å². The molecular formula is C49H53ClN6O5S2. The average Bonchev–Trinajstić information content (AvgIpc) is 3.54. The maximum absolute atomic E-state index is 13.6. The van der Waals surface area contributed by atoms with Gasteiger partial charge in [-0.2, -0.15) is 0 Å². The van der Waals surface area contributed by atoms with Gasteiger partial charge in [-0.3, -0.25) is 9.62 Å². The number of hydrogen-bond acceptors (Lipinski definition) is 9. The minimum Gasteiger partial charge on any atom is -0.478 e. The van der Waals surface area contributed by atoms with E-state index in [-0.39, 0.29) is 22.6 Å². The number of nitrogens with one attached hydrogen (secondary N) is 2. The van der Waals surface area contributed by atoms with Crippen LogP contribution in [-0.2, 0) is 17.1 Å². The first-order valence-electron chi connectivity index (χ1n) is 21.2. The predicted molar refractivity (Wildman–Crippen MR) is 257 cm³/mol. The van der Waals surface area contributed by atoms with Crippen LogP contribution in [0.4, 0.5) is 22.7 Å². The molecule has 5 aromatic carbocycles. The Hall–Kier alpha value is -5.44. The Bertz CT molecular complexity index is 2660. The Morgan fingerprint density at radius 2 is 1.51 bits per heavy atom. The van der Waals surface area contributed by atoms with Crippen molar-refractivity contribution in [2.45, 2.75) is 42.2 Å². The fraction of sp³-hybridized carbons (Fsp3) is 0.286. The number of aromatic nitrogens is 1. The van der Waals surface area contributed by atoms with Gasteiger partial charge in [-0.25, -0.2) is 13.2 Å². The van der Waals surface area contributed by atoms with Crippen LogP contribution in [0.2, 0.25) is 5.02 Å². The molecule has 0 radical (unpaired) electrons. The number of carboxylic acids is 1. The highest BCUT2D eigenvalue weighted by Crippen LogP contribution is 2.40. The standard InChI is InChI=1S/C49H53ClN6O5S2/c1-33-28-44(20-21-45(33)51-39(22-23-54-30-42(57)31-54)32-62-43-10-5-4-6-11-43)63(60,61)52-38-16-18-40(19-17-38)55-24-26-56(27-25-55)41-9-7-8-36(29-41)47-46(49(58)59)34(2)53(3)48(47)35-12-14-37(50)15-13-35/h4-21,28-29,39,42,51-52,57H,22-27,30-32H2,1-3H3,(H,58,59)/t39-/m1/s1. The normalized spacial score (nSPS) is 15.3. The molecule has 0 spiro atoms. The van der Waals surface area contributed by atoms with E-state index in [1.54, 1.807) is 36.0 Å². The van der Waals surface area contributed by atoms with E-state index in [1.807, 2.05) is 98.3 Å². The molecule has 6 aromatic rings. The van der Waals surface area contributed by atoms with Gasteiger partial charge in [0.1, 0.15) is 0 Å². The van der Waals surface area contributed by atoms with E-state index in [0.717, 1.165) is 84.3 Å². The van der Waals surface area contributed by atoms with Gasteiger partial charge in [-0.15, -0.1) is 11.8 Å². The number of aromatic carboxylic acids is 1. The highest BCUT2D eigenvalue weighted by molar-refractivity contribution is 7.99. The smallest absolute Gasteiger partial charge is 0.338 e. The number of aliphatic hydroxyl groups is 1. The molecule has 0 bridgehead atoms. The number of nitrogens with zero attached hydrogens (tertiary/aromatic N) is 4. The molecule has 4 N–H and O–H groups in total. The van der Waals surface area contributed by atoms with Crippen LogP contribution in [0.25, 0.3) is 22.4 Å². The summed E-state index contributed by atoms with van der Waals surface area (Å²) in [6.07, 6.45) is 0.657. The minimum atomic E-state index is -3.85. The average molecular weight is 906 g/mol. The number of aliphatic hydroxyl groups excluding tert-OH is 1. The van der Waals surface area contributed by atoms with Crippen molar-refractivity contribution in [2.75, 3.05) is 71.4 Å². The largest absolute Gasteiger partial charge is 0.478 e. The second-order valence-electron chi connectivity index (χ2n) is 16.4. The number of anilines is 4. The topological polar surface area (TPSA) is 130 Å². The molecule has 0 aliphatic carbocycles. The van der Waals surface area contributed by atoms with Crippen molar-refractivity contribution in [3.05, 3.63) is 143 Å². The van der Waals surface area contributed by atoms with Crippen LogP contribution in [0.5, 0.6) is 0 Å². The molecule has 0 amide bonds. The predicted octanol–water partition coefficient (Wildman–Crippen LogP) is 9.09. The molecular weight excluding hydrogens is 852 g/mol. The van der Waals surface area contributed by atoms with Crippen LogP contribution in [0.3, 0.4) is 0 Å². The number of piperazine rings is 1. The lowest BCUT2D eigenvalue weighted by Crippen LogP contribution is -2.51. The fourth-order valence-electron chi connectivity index (χ4n) is 8.49. The van der Waals surface area contributed by atoms with Crippen molar-refractivity contribution < 1.29 is 23.4 Å². The molecule has 2 aliphatic heterocycles. The Kier molecular flexibility index (Phi) is 13.4. The highest BCUT2D eigenvalue weighted by atomic mass is 35.5. The zero-order valence-electron chi connectivity index (χ0n) is 35.7. The molecule has 328 valence electrons. The van der Waals surface area contributed by atoms with Crippen molar-refractivity contribution in [3.8, 4) is 22.4 Å². The van der Waals surface area contributed by atoms with Crippen molar-refractivity contribution in [3.63, 3.8) is 0 Å². The molecule has 0 saturated carbocycles. The molecule has 1 aromatic heterocycles. The van der Waals surface area contributed by atoms with E-state index in [1.165, 1.54) is 4.90 Å². The Morgan fingerprint density at radius 1 is 0.825 bits per heavy atom. The molecule has 8 rings (SSSR count). The number of hydrogen-bond donors (Lipinski definition) is 4. The molecule has 63 heavy (non-hydrogen) atoms. The molecule has 0 unspecified atom stereocenters. The number of halogens is 1. The van der Waals surface area contributed by atoms with Gasteiger partial charge in [0.25, 0.3) is 10.0 Å². The van der Waals surface area contributed by atoms with Crippen molar-refractivity contribution >= 4 is 62.1 Å². The summed E-state index contributed by atoms with van der Waals surface area (Å²) in [5.41, 5.74) is 8.42. The SMILES string of the molecule is Cc1cc(S(=O)(=O)Nc2ccc(N3CCN(c4cccc(-c5c(C(=O)O)c(C)n(C)c5-c5ccc(Cl)cc5)c4)CC3)cc2)ccc1N[C@H](CCN1CC(O)C1)CSc1ccccc1. The van der Waals surface area contributed by atoms with E-state index in [9.17, 15) is 23.4 Å². The van der Waals surface area contributed by atoms with Gasteiger partial charge in [0, 0.05) is 109 Å². The quantitative estimate of drug-likeness (QED) is 0.0699. The van der Waals surface area contributed by atoms with E-state index in [0.29, 0.717) is 35.1 Å². The van der Waals surface area contributed by atoms with Crippen LogP contribution >= 0.6 is 23.4 Å². The van der Waals surface area contributed by atoms with Crippen LogP contribution in [0, 0.1) is 13.8 Å². The third-order valence-electron chi connectivity index (χ3n) is 12.1. The van der Waals surface area contributed by atoms with Gasteiger partial charge in [0.05, 0.1) is 22.3 Å². The Morgan fingerprint density at radius 3 is 2.16 bits per heavy atom. The van der Waals surface area contributed by atoms with E-state index in [4.69, 9.17) is 11.6 Å². The van der Waals surface area contributed by atoms with Gasteiger partial charge in [0.15, 0.2) is 0 Å². The number of benzene rings is 5.